The first-order valence-corrected chi connectivity index (χ1v) is 13.0. The van der Waals surface area contributed by atoms with Crippen molar-refractivity contribution >= 4 is 57.8 Å². The number of halogens is 4. The summed E-state index contributed by atoms with van der Waals surface area (Å²) < 4.78 is 15.6. The van der Waals surface area contributed by atoms with Crippen LogP contribution in [-0.4, -0.2) is 33.6 Å². The monoisotopic (exact) mass is 567 g/mol. The minimum absolute atomic E-state index is 0.0227. The Morgan fingerprint density at radius 2 is 1.97 bits per heavy atom. The van der Waals surface area contributed by atoms with Gasteiger partial charge < -0.3 is 5.32 Å². The van der Waals surface area contributed by atoms with Crippen molar-refractivity contribution in [1.29, 1.82) is 5.26 Å². The minimum Gasteiger partial charge on any atom is -0.333 e. The smallest absolute Gasteiger partial charge is 0.326 e. The number of hydrogen-bond acceptors (Lipinski definition) is 4. The van der Waals surface area contributed by atoms with Gasteiger partial charge in [0.15, 0.2) is 0 Å². The van der Waals surface area contributed by atoms with E-state index in [2.05, 4.69) is 15.2 Å². The van der Waals surface area contributed by atoms with E-state index in [0.29, 0.717) is 52.3 Å². The lowest BCUT2D eigenvalue weighted by Crippen LogP contribution is -2.34. The number of carbonyl (C=O) groups excluding carboxylic acids is 1. The van der Waals surface area contributed by atoms with E-state index < -0.39 is 5.82 Å². The number of amides is 1. The third-order valence-corrected chi connectivity index (χ3v) is 7.42. The van der Waals surface area contributed by atoms with Gasteiger partial charge >= 0.3 is 6.03 Å². The molecule has 4 aromatic rings. The van der Waals surface area contributed by atoms with Crippen LogP contribution in [0, 0.1) is 17.1 Å². The molecule has 0 atom stereocenters. The molecule has 2 aromatic heterocycles. The molecule has 0 bridgehead atoms. The summed E-state index contributed by atoms with van der Waals surface area (Å²) in [6.07, 6.45) is 6.03. The summed E-state index contributed by atoms with van der Waals surface area (Å²) in [7, 11) is 0. The van der Waals surface area contributed by atoms with Gasteiger partial charge in [-0.3, -0.25) is 9.47 Å². The number of pyridine rings is 1. The zero-order valence-electron chi connectivity index (χ0n) is 20.0. The van der Waals surface area contributed by atoms with Crippen LogP contribution in [0.15, 0.2) is 54.7 Å². The number of rotatable bonds is 5. The summed E-state index contributed by atoms with van der Waals surface area (Å²) in [5.41, 5.74) is 4.17. The van der Waals surface area contributed by atoms with Gasteiger partial charge in [0, 0.05) is 49.9 Å². The van der Waals surface area contributed by atoms with Crippen molar-refractivity contribution in [1.82, 2.24) is 19.8 Å². The maximum absolute atomic E-state index is 13.9. The Kier molecular flexibility index (Phi) is 7.68. The van der Waals surface area contributed by atoms with E-state index in [-0.39, 0.29) is 11.6 Å². The number of carbonyl (C=O) groups is 1. The van der Waals surface area contributed by atoms with Gasteiger partial charge in [0.2, 0.25) is 0 Å². The van der Waals surface area contributed by atoms with Gasteiger partial charge in [-0.05, 0) is 53.1 Å². The van der Waals surface area contributed by atoms with E-state index in [4.69, 9.17) is 40.1 Å². The molecule has 0 fully saturated rings. The van der Waals surface area contributed by atoms with Gasteiger partial charge in [-0.15, -0.1) is 0 Å². The Balaban J connectivity index is 1.38. The van der Waals surface area contributed by atoms with Crippen LogP contribution < -0.4 is 5.32 Å². The van der Waals surface area contributed by atoms with Crippen LogP contribution in [0.4, 0.5) is 9.18 Å². The fourth-order valence-electron chi connectivity index (χ4n) is 4.67. The predicted molar refractivity (Wildman–Crippen MR) is 148 cm³/mol. The third kappa shape index (κ3) is 5.40. The average Bonchev–Trinajstić information content (AvgIpc) is 3.20. The van der Waals surface area contributed by atoms with Crippen molar-refractivity contribution in [3.05, 3.63) is 104 Å². The van der Waals surface area contributed by atoms with Gasteiger partial charge in [0.05, 0.1) is 21.1 Å². The van der Waals surface area contributed by atoms with Gasteiger partial charge in [-0.2, -0.15) is 5.26 Å². The Morgan fingerprint density at radius 1 is 1.16 bits per heavy atom. The van der Waals surface area contributed by atoms with E-state index in [1.54, 1.807) is 35.0 Å². The Hall–Kier alpha value is -3.41. The van der Waals surface area contributed by atoms with Crippen molar-refractivity contribution in [2.24, 2.45) is 0 Å². The van der Waals surface area contributed by atoms with E-state index in [1.807, 2.05) is 24.3 Å². The van der Waals surface area contributed by atoms with E-state index in [1.165, 1.54) is 12.1 Å². The Labute approximate surface area is 233 Å². The molecule has 0 aliphatic carbocycles. The first kappa shape index (κ1) is 26.2. The second kappa shape index (κ2) is 11.1. The maximum atomic E-state index is 13.9. The number of benzene rings is 2. The first-order chi connectivity index (χ1) is 18.3. The Bertz CT molecular complexity index is 1630. The van der Waals surface area contributed by atoms with Crippen molar-refractivity contribution in [3.63, 3.8) is 0 Å². The average molecular weight is 569 g/mol. The second-order valence-corrected chi connectivity index (χ2v) is 10.1. The van der Waals surface area contributed by atoms with E-state index in [0.717, 1.165) is 28.8 Å². The molecule has 192 valence electrons. The maximum Gasteiger partial charge on any atom is 0.326 e. The molecule has 1 N–H and O–H groups in total. The standard InChI is InChI=1S/C28H21Cl3FN5O/c29-22-12-20-21-16-36(8-1-2-17-3-4-19(14-33)24(32)10-17)9-6-25(21)37(26(20)13-23(22)30)28(38)35-15-18-5-7-34-27(31)11-18/h1-5,7,10-13H,6,8-9,15-16H2,(H,35,38). The molecule has 3 heterocycles. The highest BCUT2D eigenvalue weighted by Crippen LogP contribution is 2.36. The normalized spacial score (nSPS) is 13.6. The summed E-state index contributed by atoms with van der Waals surface area (Å²) in [6.45, 7) is 2.26. The van der Waals surface area contributed by atoms with Crippen LogP contribution in [0.5, 0.6) is 0 Å². The number of fused-ring (bicyclic) bond motifs is 3. The number of nitrogens with one attached hydrogen (secondary N) is 1. The topological polar surface area (TPSA) is 74.0 Å². The fraction of sp³-hybridized carbons (Fsp3) is 0.179. The van der Waals surface area contributed by atoms with Crippen LogP contribution in [-0.2, 0) is 19.5 Å². The molecule has 10 heteroatoms. The predicted octanol–water partition coefficient (Wildman–Crippen LogP) is 6.84. The molecule has 38 heavy (non-hydrogen) atoms. The van der Waals surface area contributed by atoms with E-state index >= 15 is 0 Å². The van der Waals surface area contributed by atoms with Gasteiger partial charge in [0.25, 0.3) is 0 Å². The van der Waals surface area contributed by atoms with Crippen LogP contribution >= 0.6 is 34.8 Å². The molecule has 5 rings (SSSR count). The summed E-state index contributed by atoms with van der Waals surface area (Å²) in [4.78, 5) is 19.6. The summed E-state index contributed by atoms with van der Waals surface area (Å²) in [6, 6.07) is 13.1. The summed E-state index contributed by atoms with van der Waals surface area (Å²) in [5.74, 6) is -0.536. The highest BCUT2D eigenvalue weighted by atomic mass is 35.5. The van der Waals surface area contributed by atoms with E-state index in [9.17, 15) is 9.18 Å². The lowest BCUT2D eigenvalue weighted by Gasteiger charge is -2.27. The number of nitrogens with zero attached hydrogens (tertiary/aromatic N) is 4. The van der Waals surface area contributed by atoms with Crippen molar-refractivity contribution in [2.75, 3.05) is 13.1 Å². The molecule has 6 nitrogen and oxygen atoms in total. The molecule has 1 amide bonds. The van der Waals surface area contributed by atoms with Gasteiger partial charge in [0.1, 0.15) is 17.0 Å². The molecule has 0 saturated heterocycles. The highest BCUT2D eigenvalue weighted by Gasteiger charge is 2.27. The highest BCUT2D eigenvalue weighted by molar-refractivity contribution is 6.42. The van der Waals surface area contributed by atoms with Crippen molar-refractivity contribution in [2.45, 2.75) is 19.5 Å². The van der Waals surface area contributed by atoms with Crippen LogP contribution in [0.2, 0.25) is 15.2 Å². The van der Waals surface area contributed by atoms with Crippen LogP contribution in [0.1, 0.15) is 27.9 Å². The largest absolute Gasteiger partial charge is 0.333 e. The number of nitriles is 1. The Morgan fingerprint density at radius 3 is 2.74 bits per heavy atom. The lowest BCUT2D eigenvalue weighted by atomic mass is 10.0. The molecule has 0 radical (unpaired) electrons. The SMILES string of the molecule is N#Cc1ccc(C=CCN2CCc3c(c4cc(Cl)c(Cl)cc4n3C(=O)NCc3ccnc(Cl)c3)C2)cc1F. The molecule has 0 spiro atoms. The van der Waals surface area contributed by atoms with Crippen molar-refractivity contribution in [3.8, 4) is 6.07 Å². The number of hydrogen-bond donors (Lipinski definition) is 1. The second-order valence-electron chi connectivity index (χ2n) is 8.93. The van der Waals surface area contributed by atoms with Gasteiger partial charge in [-0.1, -0.05) is 53.0 Å². The summed E-state index contributed by atoms with van der Waals surface area (Å²) >= 11 is 18.7. The zero-order valence-corrected chi connectivity index (χ0v) is 22.3. The molecule has 0 saturated carbocycles. The van der Waals surface area contributed by atoms with Gasteiger partial charge in [-0.25, -0.2) is 14.2 Å². The zero-order chi connectivity index (χ0) is 26.8. The molecule has 1 aliphatic rings. The van der Waals surface area contributed by atoms with Crippen molar-refractivity contribution < 1.29 is 9.18 Å². The summed E-state index contributed by atoms with van der Waals surface area (Å²) in [5, 5.41) is 13.9. The third-order valence-electron chi connectivity index (χ3n) is 6.49. The number of aromatic nitrogens is 2. The molecule has 0 unspecified atom stereocenters. The van der Waals surface area contributed by atoms with Crippen LogP contribution in [0.25, 0.3) is 17.0 Å². The molecule has 1 aliphatic heterocycles. The van der Waals surface area contributed by atoms with Crippen LogP contribution in [0.3, 0.4) is 0 Å². The quantitative estimate of drug-likeness (QED) is 0.268. The molecule has 2 aromatic carbocycles. The molecular formula is C28H21Cl3FN5O. The fourth-order valence-corrected chi connectivity index (χ4v) is 5.18. The molecular weight excluding hydrogens is 548 g/mol. The lowest BCUT2D eigenvalue weighted by molar-refractivity contribution is 0.240. The first-order valence-electron chi connectivity index (χ1n) is 11.8. The minimum atomic E-state index is -0.536.